The van der Waals surface area contributed by atoms with E-state index in [1.807, 2.05) is 11.8 Å². The molecule has 2 atom stereocenters. The summed E-state index contributed by atoms with van der Waals surface area (Å²) >= 11 is 1.95. The highest BCUT2D eigenvalue weighted by Gasteiger charge is 2.31. The Kier molecular flexibility index (Phi) is 4.47. The first-order chi connectivity index (χ1) is 8.92. The molecule has 2 unspecified atom stereocenters. The summed E-state index contributed by atoms with van der Waals surface area (Å²) in [4.78, 5) is 7.33. The Balaban J connectivity index is 1.42. The van der Waals surface area contributed by atoms with Crippen molar-refractivity contribution in [1.29, 1.82) is 0 Å². The van der Waals surface area contributed by atoms with Crippen molar-refractivity contribution < 1.29 is 0 Å². The lowest BCUT2D eigenvalue weighted by molar-refractivity contribution is 0.235. The minimum absolute atomic E-state index is 0.736. The molecule has 0 spiro atoms. The number of hydrogen-bond acceptors (Lipinski definition) is 3. The number of thioether (sulfide) groups is 1. The maximum Gasteiger partial charge on any atom is 0.156 e. The number of nitrogens with one attached hydrogen (secondary N) is 1. The predicted octanol–water partition coefficient (Wildman–Crippen LogP) is 2.33. The van der Waals surface area contributed by atoms with E-state index in [2.05, 4.69) is 10.2 Å². The molecule has 0 aromatic heterocycles. The minimum Gasteiger partial charge on any atom is -0.362 e. The number of hydrogen-bond donors (Lipinski definition) is 1. The van der Waals surface area contributed by atoms with Gasteiger partial charge in [0.25, 0.3) is 0 Å². The Morgan fingerprint density at radius 2 is 2.06 bits per heavy atom. The molecule has 0 bridgehead atoms. The van der Waals surface area contributed by atoms with Crippen LogP contribution in [0.4, 0.5) is 0 Å². The number of fused-ring (bicyclic) bond motifs is 1. The van der Waals surface area contributed by atoms with E-state index >= 15 is 0 Å². The van der Waals surface area contributed by atoms with E-state index in [4.69, 9.17) is 4.99 Å². The lowest BCUT2D eigenvalue weighted by Gasteiger charge is -2.29. The monoisotopic (exact) mass is 267 g/mol. The number of piperidine rings is 1. The maximum absolute atomic E-state index is 4.76. The van der Waals surface area contributed by atoms with Gasteiger partial charge in [0.1, 0.15) is 0 Å². The summed E-state index contributed by atoms with van der Waals surface area (Å²) < 4.78 is 0. The van der Waals surface area contributed by atoms with E-state index in [-0.39, 0.29) is 0 Å². The van der Waals surface area contributed by atoms with Gasteiger partial charge in [0, 0.05) is 18.3 Å². The molecule has 1 saturated carbocycles. The van der Waals surface area contributed by atoms with Crippen molar-refractivity contribution in [3.8, 4) is 0 Å². The molecule has 0 amide bonds. The molecule has 1 N–H and O–H groups in total. The second kappa shape index (κ2) is 6.29. The average molecular weight is 267 g/mol. The summed E-state index contributed by atoms with van der Waals surface area (Å²) in [5, 5.41) is 4.87. The number of likely N-dealkylation sites (tertiary alicyclic amines) is 1. The Labute approximate surface area is 115 Å². The molecule has 0 aromatic carbocycles. The van der Waals surface area contributed by atoms with Crippen LogP contribution in [0.2, 0.25) is 0 Å². The third kappa shape index (κ3) is 3.21. The van der Waals surface area contributed by atoms with Crippen LogP contribution in [-0.4, -0.2) is 48.0 Å². The van der Waals surface area contributed by atoms with Gasteiger partial charge in [-0.2, -0.15) is 0 Å². The van der Waals surface area contributed by atoms with E-state index in [1.54, 1.807) is 0 Å². The van der Waals surface area contributed by atoms with Crippen molar-refractivity contribution >= 4 is 16.9 Å². The SMILES string of the molecule is C1CCN(CCN=C2NC3CCCC3CS2)CC1. The van der Waals surface area contributed by atoms with Gasteiger partial charge in [-0.3, -0.25) is 4.99 Å². The van der Waals surface area contributed by atoms with Crippen molar-refractivity contribution in [3.63, 3.8) is 0 Å². The van der Waals surface area contributed by atoms with Crippen molar-refractivity contribution in [1.82, 2.24) is 10.2 Å². The first-order valence-corrected chi connectivity index (χ1v) is 8.56. The van der Waals surface area contributed by atoms with Gasteiger partial charge in [-0.05, 0) is 44.7 Å². The van der Waals surface area contributed by atoms with Gasteiger partial charge in [-0.25, -0.2) is 0 Å². The topological polar surface area (TPSA) is 27.6 Å². The quantitative estimate of drug-likeness (QED) is 0.850. The largest absolute Gasteiger partial charge is 0.362 e. The number of rotatable bonds is 3. The van der Waals surface area contributed by atoms with E-state index in [9.17, 15) is 0 Å². The first-order valence-electron chi connectivity index (χ1n) is 7.58. The highest BCUT2D eigenvalue weighted by atomic mass is 32.2. The molecule has 102 valence electrons. The Morgan fingerprint density at radius 3 is 2.94 bits per heavy atom. The van der Waals surface area contributed by atoms with Crippen LogP contribution in [0.3, 0.4) is 0 Å². The third-order valence-corrected chi connectivity index (χ3v) is 5.64. The molecule has 3 nitrogen and oxygen atoms in total. The lowest BCUT2D eigenvalue weighted by atomic mass is 10.1. The zero-order valence-electron chi connectivity index (χ0n) is 11.2. The molecule has 2 saturated heterocycles. The molecule has 3 aliphatic rings. The summed E-state index contributed by atoms with van der Waals surface area (Å²) in [6.45, 7) is 4.71. The van der Waals surface area contributed by atoms with Crippen LogP contribution in [-0.2, 0) is 0 Å². The first kappa shape index (κ1) is 12.8. The van der Waals surface area contributed by atoms with Crippen molar-refractivity contribution in [3.05, 3.63) is 0 Å². The third-order valence-electron chi connectivity index (χ3n) is 4.52. The van der Waals surface area contributed by atoms with Gasteiger partial charge in [0.05, 0.1) is 6.54 Å². The maximum atomic E-state index is 4.76. The van der Waals surface area contributed by atoms with Crippen LogP contribution >= 0.6 is 11.8 Å². The molecular weight excluding hydrogens is 242 g/mol. The van der Waals surface area contributed by atoms with Crippen LogP contribution in [0, 0.1) is 5.92 Å². The van der Waals surface area contributed by atoms with Gasteiger partial charge in [0.2, 0.25) is 0 Å². The summed E-state index contributed by atoms with van der Waals surface area (Å²) in [6.07, 6.45) is 8.37. The highest BCUT2D eigenvalue weighted by Crippen LogP contribution is 2.32. The average Bonchev–Trinajstić information content (AvgIpc) is 2.87. The fourth-order valence-corrected chi connectivity index (χ4v) is 4.57. The molecule has 2 heterocycles. The van der Waals surface area contributed by atoms with E-state index < -0.39 is 0 Å². The van der Waals surface area contributed by atoms with Crippen LogP contribution in [0.5, 0.6) is 0 Å². The molecule has 0 aromatic rings. The molecule has 18 heavy (non-hydrogen) atoms. The van der Waals surface area contributed by atoms with Crippen LogP contribution < -0.4 is 5.32 Å². The van der Waals surface area contributed by atoms with Gasteiger partial charge in [-0.1, -0.05) is 24.6 Å². The van der Waals surface area contributed by atoms with Crippen molar-refractivity contribution in [2.24, 2.45) is 10.9 Å². The van der Waals surface area contributed by atoms with Crippen molar-refractivity contribution in [2.45, 2.75) is 44.6 Å². The summed E-state index contributed by atoms with van der Waals surface area (Å²) in [6, 6.07) is 0.736. The second-order valence-electron chi connectivity index (χ2n) is 5.84. The summed E-state index contributed by atoms with van der Waals surface area (Å²) in [5.41, 5.74) is 0. The molecule has 3 fully saturated rings. The van der Waals surface area contributed by atoms with Crippen LogP contribution in [0.1, 0.15) is 38.5 Å². The summed E-state index contributed by atoms with van der Waals surface area (Å²) in [5.74, 6) is 2.20. The van der Waals surface area contributed by atoms with Crippen LogP contribution in [0.15, 0.2) is 4.99 Å². The van der Waals surface area contributed by atoms with Gasteiger partial charge >= 0.3 is 0 Å². The van der Waals surface area contributed by atoms with E-state index in [0.29, 0.717) is 0 Å². The molecule has 0 radical (unpaired) electrons. The molecule has 1 aliphatic carbocycles. The number of amidine groups is 1. The number of nitrogens with zero attached hydrogens (tertiary/aromatic N) is 2. The Hall–Kier alpha value is -0.220. The molecule has 2 aliphatic heterocycles. The number of aliphatic imine (C=N–C) groups is 1. The van der Waals surface area contributed by atoms with Crippen molar-refractivity contribution in [2.75, 3.05) is 31.9 Å². The lowest BCUT2D eigenvalue weighted by Crippen LogP contribution is -2.42. The fraction of sp³-hybridized carbons (Fsp3) is 0.929. The molecule has 3 rings (SSSR count). The standard InChI is InChI=1S/C14H25N3S/c1-2-8-17(9-3-1)10-7-15-14-16-13-6-4-5-12(13)11-18-14/h12-13H,1-11H2,(H,15,16). The second-order valence-corrected chi connectivity index (χ2v) is 6.85. The fourth-order valence-electron chi connectivity index (χ4n) is 3.38. The molecule has 4 heteroatoms. The highest BCUT2D eigenvalue weighted by molar-refractivity contribution is 8.13. The zero-order chi connectivity index (χ0) is 12.2. The van der Waals surface area contributed by atoms with Gasteiger partial charge in [0.15, 0.2) is 5.17 Å². The van der Waals surface area contributed by atoms with E-state index in [1.165, 1.54) is 62.5 Å². The van der Waals surface area contributed by atoms with Gasteiger partial charge < -0.3 is 10.2 Å². The minimum atomic E-state index is 0.736. The summed E-state index contributed by atoms with van der Waals surface area (Å²) in [7, 11) is 0. The Bertz CT molecular complexity index is 299. The van der Waals surface area contributed by atoms with Gasteiger partial charge in [-0.15, -0.1) is 0 Å². The zero-order valence-corrected chi connectivity index (χ0v) is 12.1. The van der Waals surface area contributed by atoms with Crippen LogP contribution in [0.25, 0.3) is 0 Å². The normalized spacial score (nSPS) is 35.4. The smallest absolute Gasteiger partial charge is 0.156 e. The molecular formula is C14H25N3S. The van der Waals surface area contributed by atoms with E-state index in [0.717, 1.165) is 25.0 Å². The predicted molar refractivity (Wildman–Crippen MR) is 79.3 cm³/mol. The Morgan fingerprint density at radius 1 is 1.17 bits per heavy atom.